The number of carbonyl (C=O) groups excluding carboxylic acids is 1. The molecule has 1 amide bonds. The number of nitrogens with one attached hydrogen (secondary N) is 2. The summed E-state index contributed by atoms with van der Waals surface area (Å²) < 4.78 is 10.7. The van der Waals surface area contributed by atoms with Crippen LogP contribution in [0.5, 0.6) is 0 Å². The highest BCUT2D eigenvalue weighted by Gasteiger charge is 2.25. The molecule has 0 fully saturated rings. The van der Waals surface area contributed by atoms with Crippen LogP contribution in [-0.4, -0.2) is 42.6 Å². The Bertz CT molecular complexity index is 724. The zero-order chi connectivity index (χ0) is 20.2. The molecule has 0 saturated carbocycles. The number of amides is 1. The van der Waals surface area contributed by atoms with E-state index < -0.39 is 24.1 Å². The van der Waals surface area contributed by atoms with E-state index >= 15 is 0 Å². The van der Waals surface area contributed by atoms with Crippen molar-refractivity contribution < 1.29 is 24.2 Å². The van der Waals surface area contributed by atoms with Gasteiger partial charge in [0.05, 0.1) is 19.4 Å². The molecule has 7 heteroatoms. The van der Waals surface area contributed by atoms with Gasteiger partial charge in [-0.15, -0.1) is 0 Å². The van der Waals surface area contributed by atoms with Crippen LogP contribution in [0, 0.1) is 0 Å². The van der Waals surface area contributed by atoms with Crippen LogP contribution in [0.3, 0.4) is 0 Å². The van der Waals surface area contributed by atoms with E-state index in [9.17, 15) is 14.7 Å². The predicted octanol–water partition coefficient (Wildman–Crippen LogP) is 1.92. The molecule has 0 aliphatic carbocycles. The summed E-state index contributed by atoms with van der Waals surface area (Å²) in [4.78, 5) is 23.9. The molecule has 2 aromatic carbocycles. The standard InChI is InChI=1S/C21H26N2O5/c1-2-28-20(21(25)26)23-19(24)18(13-16-9-5-3-6-10-16)22-15-27-14-17-11-7-4-8-12-17/h3-12,18,20,22H,2,13-15H2,1H3,(H,23,24)(H,25,26)/t18-,20?/m0/s1. The molecule has 0 aromatic heterocycles. The molecule has 0 aliphatic heterocycles. The van der Waals surface area contributed by atoms with Crippen molar-refractivity contribution in [2.75, 3.05) is 13.3 Å². The Morgan fingerprint density at radius 3 is 2.18 bits per heavy atom. The summed E-state index contributed by atoms with van der Waals surface area (Å²) in [5.74, 6) is -1.71. The summed E-state index contributed by atoms with van der Waals surface area (Å²) in [6.45, 7) is 2.39. The van der Waals surface area contributed by atoms with Crippen molar-refractivity contribution in [3.05, 3.63) is 71.8 Å². The van der Waals surface area contributed by atoms with Gasteiger partial charge in [0.15, 0.2) is 0 Å². The number of hydrogen-bond donors (Lipinski definition) is 3. The average molecular weight is 386 g/mol. The molecule has 0 saturated heterocycles. The van der Waals surface area contributed by atoms with Gasteiger partial charge in [0.25, 0.3) is 0 Å². The molecule has 7 nitrogen and oxygen atoms in total. The average Bonchev–Trinajstić information content (AvgIpc) is 2.71. The number of carbonyl (C=O) groups is 2. The second-order valence-corrected chi connectivity index (χ2v) is 6.11. The number of rotatable bonds is 12. The largest absolute Gasteiger partial charge is 0.478 e. The second kappa shape index (κ2) is 11.9. The maximum absolute atomic E-state index is 12.6. The van der Waals surface area contributed by atoms with Crippen LogP contribution in [0.4, 0.5) is 0 Å². The molecule has 150 valence electrons. The second-order valence-electron chi connectivity index (χ2n) is 6.11. The van der Waals surface area contributed by atoms with E-state index in [1.54, 1.807) is 6.92 Å². The molecule has 1 unspecified atom stereocenters. The molecule has 0 bridgehead atoms. The Labute approximate surface area is 164 Å². The molecule has 3 N–H and O–H groups in total. The van der Waals surface area contributed by atoms with Crippen molar-refractivity contribution in [3.8, 4) is 0 Å². The number of carboxylic acid groups (broad SMARTS) is 1. The Morgan fingerprint density at radius 2 is 1.61 bits per heavy atom. The summed E-state index contributed by atoms with van der Waals surface area (Å²) in [7, 11) is 0. The van der Waals surface area contributed by atoms with Crippen molar-refractivity contribution in [1.82, 2.24) is 10.6 Å². The fourth-order valence-electron chi connectivity index (χ4n) is 2.58. The first-order chi connectivity index (χ1) is 13.6. The number of aliphatic carboxylic acids is 1. The van der Waals surface area contributed by atoms with E-state index in [4.69, 9.17) is 9.47 Å². The van der Waals surface area contributed by atoms with Gasteiger partial charge in [0.2, 0.25) is 12.1 Å². The van der Waals surface area contributed by atoms with Crippen molar-refractivity contribution >= 4 is 11.9 Å². The normalized spacial score (nSPS) is 12.9. The van der Waals surface area contributed by atoms with Gasteiger partial charge in [-0.25, -0.2) is 4.79 Å². The third-order valence-corrected chi connectivity index (χ3v) is 3.97. The Morgan fingerprint density at radius 1 is 1.00 bits per heavy atom. The monoisotopic (exact) mass is 386 g/mol. The van der Waals surface area contributed by atoms with E-state index in [0.717, 1.165) is 11.1 Å². The van der Waals surface area contributed by atoms with Crippen LogP contribution in [0.2, 0.25) is 0 Å². The maximum Gasteiger partial charge on any atom is 0.354 e. The third-order valence-electron chi connectivity index (χ3n) is 3.97. The molecule has 0 heterocycles. The number of carboxylic acids is 1. The lowest BCUT2D eigenvalue weighted by atomic mass is 10.1. The molecular formula is C21H26N2O5. The van der Waals surface area contributed by atoms with Gasteiger partial charge >= 0.3 is 5.97 Å². The Balaban J connectivity index is 1.95. The van der Waals surface area contributed by atoms with Crippen LogP contribution >= 0.6 is 0 Å². The predicted molar refractivity (Wildman–Crippen MR) is 104 cm³/mol. The van der Waals surface area contributed by atoms with Crippen molar-refractivity contribution in [3.63, 3.8) is 0 Å². The minimum absolute atomic E-state index is 0.145. The third kappa shape index (κ3) is 7.48. The lowest BCUT2D eigenvalue weighted by molar-refractivity contribution is -0.155. The zero-order valence-corrected chi connectivity index (χ0v) is 15.8. The minimum atomic E-state index is -1.39. The number of hydrogen-bond acceptors (Lipinski definition) is 5. The summed E-state index contributed by atoms with van der Waals surface area (Å²) in [5, 5.41) is 14.6. The van der Waals surface area contributed by atoms with E-state index in [2.05, 4.69) is 10.6 Å². The highest BCUT2D eigenvalue weighted by atomic mass is 16.5. The first-order valence-corrected chi connectivity index (χ1v) is 9.14. The molecule has 0 spiro atoms. The zero-order valence-electron chi connectivity index (χ0n) is 15.8. The summed E-state index contributed by atoms with van der Waals surface area (Å²) >= 11 is 0. The van der Waals surface area contributed by atoms with Gasteiger partial charge in [-0.1, -0.05) is 60.7 Å². The van der Waals surface area contributed by atoms with Crippen LogP contribution in [0.1, 0.15) is 18.1 Å². The van der Waals surface area contributed by atoms with Gasteiger partial charge < -0.3 is 19.9 Å². The van der Waals surface area contributed by atoms with Crippen molar-refractivity contribution in [2.45, 2.75) is 32.2 Å². The first kappa shape index (κ1) is 21.6. The SMILES string of the molecule is CCOC(NC(=O)[C@H](Cc1ccccc1)NCOCc1ccccc1)C(=O)O. The van der Waals surface area contributed by atoms with Gasteiger partial charge in [0.1, 0.15) is 0 Å². The van der Waals surface area contributed by atoms with E-state index in [1.807, 2.05) is 60.7 Å². The fraction of sp³-hybridized carbons (Fsp3) is 0.333. The fourth-order valence-corrected chi connectivity index (χ4v) is 2.58. The molecule has 2 rings (SSSR count). The number of benzene rings is 2. The Hall–Kier alpha value is -2.74. The van der Waals surface area contributed by atoms with Gasteiger partial charge in [0, 0.05) is 6.61 Å². The van der Waals surface area contributed by atoms with Gasteiger partial charge in [-0.05, 0) is 24.5 Å². The molecule has 2 aromatic rings. The van der Waals surface area contributed by atoms with E-state index in [1.165, 1.54) is 0 Å². The summed E-state index contributed by atoms with van der Waals surface area (Å²) in [5.41, 5.74) is 1.97. The van der Waals surface area contributed by atoms with E-state index in [-0.39, 0.29) is 13.3 Å². The maximum atomic E-state index is 12.6. The van der Waals surface area contributed by atoms with E-state index in [0.29, 0.717) is 13.0 Å². The molecule has 2 atom stereocenters. The lowest BCUT2D eigenvalue weighted by Crippen LogP contribution is -2.52. The van der Waals surface area contributed by atoms with Gasteiger partial charge in [-0.3, -0.25) is 10.1 Å². The molecule has 0 aliphatic rings. The topological polar surface area (TPSA) is 96.9 Å². The highest BCUT2D eigenvalue weighted by molar-refractivity contribution is 5.86. The first-order valence-electron chi connectivity index (χ1n) is 9.14. The van der Waals surface area contributed by atoms with Crippen LogP contribution in [0.25, 0.3) is 0 Å². The lowest BCUT2D eigenvalue weighted by Gasteiger charge is -2.21. The van der Waals surface area contributed by atoms with Crippen LogP contribution < -0.4 is 10.6 Å². The smallest absolute Gasteiger partial charge is 0.354 e. The minimum Gasteiger partial charge on any atom is -0.478 e. The van der Waals surface area contributed by atoms with Crippen molar-refractivity contribution in [2.24, 2.45) is 0 Å². The van der Waals surface area contributed by atoms with Gasteiger partial charge in [-0.2, -0.15) is 0 Å². The quantitative estimate of drug-likeness (QED) is 0.381. The Kier molecular flexibility index (Phi) is 9.14. The molecule has 28 heavy (non-hydrogen) atoms. The highest BCUT2D eigenvalue weighted by Crippen LogP contribution is 2.05. The number of ether oxygens (including phenoxy) is 2. The van der Waals surface area contributed by atoms with Crippen LogP contribution in [-0.2, 0) is 32.1 Å². The summed E-state index contributed by atoms with van der Waals surface area (Å²) in [6, 6.07) is 18.5. The molecule has 0 radical (unpaired) electrons. The van der Waals surface area contributed by atoms with Crippen LogP contribution in [0.15, 0.2) is 60.7 Å². The summed E-state index contributed by atoms with van der Waals surface area (Å²) in [6.07, 6.45) is -0.998. The molecular weight excluding hydrogens is 360 g/mol. The van der Waals surface area contributed by atoms with Crippen molar-refractivity contribution in [1.29, 1.82) is 0 Å².